The van der Waals surface area contributed by atoms with Gasteiger partial charge < -0.3 is 15.2 Å². The first-order valence-corrected chi connectivity index (χ1v) is 6.19. The number of hydrogen-bond acceptors (Lipinski definition) is 4. The lowest BCUT2D eigenvalue weighted by Gasteiger charge is -2.17. The molecular formula is C15H18N2O2. The zero-order chi connectivity index (χ0) is 13.5. The number of benzene rings is 1. The molecule has 0 amide bonds. The van der Waals surface area contributed by atoms with Crippen molar-refractivity contribution in [2.75, 3.05) is 13.7 Å². The van der Waals surface area contributed by atoms with Crippen LogP contribution in [0.3, 0.4) is 0 Å². The van der Waals surface area contributed by atoms with Gasteiger partial charge in [-0.25, -0.2) is 0 Å². The maximum Gasteiger partial charge on any atom is 0.153 e. The van der Waals surface area contributed by atoms with Crippen molar-refractivity contribution in [2.45, 2.75) is 12.7 Å². The van der Waals surface area contributed by atoms with Gasteiger partial charge in [0, 0.05) is 19.9 Å². The Bertz CT molecular complexity index is 503. The molecule has 0 saturated carbocycles. The van der Waals surface area contributed by atoms with Gasteiger partial charge in [0.05, 0.1) is 12.3 Å². The van der Waals surface area contributed by atoms with Crippen molar-refractivity contribution >= 4 is 0 Å². The molecular weight excluding hydrogens is 240 g/mol. The standard InChI is InChI=1S/C15H18N2O2/c1-18-11-12-5-4-6-13(9-12)19-15(10-16)14-7-2-3-8-17-14/h2-9,15H,10-11,16H2,1H3. The lowest BCUT2D eigenvalue weighted by molar-refractivity contribution is 0.182. The third-order valence-corrected chi connectivity index (χ3v) is 2.72. The highest BCUT2D eigenvalue weighted by Crippen LogP contribution is 2.21. The number of nitrogens with two attached hydrogens (primary N) is 1. The van der Waals surface area contributed by atoms with E-state index in [2.05, 4.69) is 4.98 Å². The van der Waals surface area contributed by atoms with Gasteiger partial charge in [0.15, 0.2) is 6.10 Å². The van der Waals surface area contributed by atoms with E-state index in [9.17, 15) is 0 Å². The number of aromatic nitrogens is 1. The summed E-state index contributed by atoms with van der Waals surface area (Å²) in [4.78, 5) is 4.28. The Labute approximate surface area is 113 Å². The molecule has 4 heteroatoms. The van der Waals surface area contributed by atoms with E-state index in [0.29, 0.717) is 13.2 Å². The Morgan fingerprint density at radius 1 is 1.21 bits per heavy atom. The smallest absolute Gasteiger partial charge is 0.153 e. The van der Waals surface area contributed by atoms with Crippen LogP contribution >= 0.6 is 0 Å². The first kappa shape index (κ1) is 13.5. The summed E-state index contributed by atoms with van der Waals surface area (Å²) in [7, 11) is 1.67. The van der Waals surface area contributed by atoms with Gasteiger partial charge in [-0.2, -0.15) is 0 Å². The number of pyridine rings is 1. The largest absolute Gasteiger partial charge is 0.483 e. The lowest BCUT2D eigenvalue weighted by atomic mass is 10.2. The molecule has 2 N–H and O–H groups in total. The van der Waals surface area contributed by atoms with Crippen LogP contribution in [0.5, 0.6) is 5.75 Å². The van der Waals surface area contributed by atoms with Crippen LogP contribution < -0.4 is 10.5 Å². The molecule has 4 nitrogen and oxygen atoms in total. The molecule has 0 radical (unpaired) electrons. The first-order valence-electron chi connectivity index (χ1n) is 6.19. The summed E-state index contributed by atoms with van der Waals surface area (Å²) >= 11 is 0. The summed E-state index contributed by atoms with van der Waals surface area (Å²) in [6.45, 7) is 0.944. The number of hydrogen-bond donors (Lipinski definition) is 1. The summed E-state index contributed by atoms with van der Waals surface area (Å²) in [6, 6.07) is 13.5. The van der Waals surface area contributed by atoms with Crippen LogP contribution in [0.2, 0.25) is 0 Å². The highest BCUT2D eigenvalue weighted by atomic mass is 16.5. The predicted octanol–water partition coefficient (Wildman–Crippen LogP) is 2.31. The van der Waals surface area contributed by atoms with Crippen molar-refractivity contribution < 1.29 is 9.47 Å². The fourth-order valence-corrected chi connectivity index (χ4v) is 1.84. The number of rotatable bonds is 6. The van der Waals surface area contributed by atoms with Crippen molar-refractivity contribution in [3.8, 4) is 5.75 Å². The second-order valence-corrected chi connectivity index (χ2v) is 4.18. The summed E-state index contributed by atoms with van der Waals surface area (Å²) in [6.07, 6.45) is 1.50. The molecule has 0 saturated heterocycles. The minimum Gasteiger partial charge on any atom is -0.483 e. The fourth-order valence-electron chi connectivity index (χ4n) is 1.84. The van der Waals surface area contributed by atoms with E-state index in [1.54, 1.807) is 13.3 Å². The van der Waals surface area contributed by atoms with Crippen LogP contribution in [-0.2, 0) is 11.3 Å². The van der Waals surface area contributed by atoms with Gasteiger partial charge in [-0.1, -0.05) is 18.2 Å². The molecule has 0 aliphatic rings. The Kier molecular flexibility index (Phi) is 4.89. The molecule has 1 atom stereocenters. The van der Waals surface area contributed by atoms with E-state index in [1.807, 2.05) is 42.5 Å². The molecule has 19 heavy (non-hydrogen) atoms. The lowest BCUT2D eigenvalue weighted by Crippen LogP contribution is -2.19. The average molecular weight is 258 g/mol. The van der Waals surface area contributed by atoms with Gasteiger partial charge in [-0.15, -0.1) is 0 Å². The van der Waals surface area contributed by atoms with Crippen molar-refractivity contribution in [3.63, 3.8) is 0 Å². The molecule has 100 valence electrons. The quantitative estimate of drug-likeness (QED) is 0.863. The van der Waals surface area contributed by atoms with E-state index < -0.39 is 0 Å². The number of methoxy groups -OCH3 is 1. The Morgan fingerprint density at radius 3 is 2.79 bits per heavy atom. The van der Waals surface area contributed by atoms with E-state index >= 15 is 0 Å². The number of nitrogens with zero attached hydrogens (tertiary/aromatic N) is 1. The van der Waals surface area contributed by atoms with E-state index in [-0.39, 0.29) is 6.10 Å². The summed E-state index contributed by atoms with van der Waals surface area (Å²) in [5, 5.41) is 0. The predicted molar refractivity (Wildman–Crippen MR) is 73.8 cm³/mol. The van der Waals surface area contributed by atoms with E-state index in [0.717, 1.165) is 17.0 Å². The van der Waals surface area contributed by atoms with Crippen molar-refractivity contribution in [1.82, 2.24) is 4.98 Å². The van der Waals surface area contributed by atoms with Crippen LogP contribution in [0.1, 0.15) is 17.4 Å². The third kappa shape index (κ3) is 3.77. The monoisotopic (exact) mass is 258 g/mol. The summed E-state index contributed by atoms with van der Waals surface area (Å²) in [5.41, 5.74) is 7.66. The maximum absolute atomic E-state index is 5.89. The van der Waals surface area contributed by atoms with Gasteiger partial charge in [0.2, 0.25) is 0 Å². The number of ether oxygens (including phenoxy) is 2. The molecule has 2 rings (SSSR count). The molecule has 1 aromatic heterocycles. The molecule has 1 unspecified atom stereocenters. The van der Waals surface area contributed by atoms with Gasteiger partial charge in [0.25, 0.3) is 0 Å². The van der Waals surface area contributed by atoms with E-state index in [1.165, 1.54) is 0 Å². The van der Waals surface area contributed by atoms with Gasteiger partial charge in [-0.05, 0) is 29.8 Å². The van der Waals surface area contributed by atoms with Crippen molar-refractivity contribution in [3.05, 3.63) is 59.9 Å². The minimum atomic E-state index is -0.237. The Balaban J connectivity index is 2.12. The molecule has 0 aliphatic heterocycles. The highest BCUT2D eigenvalue weighted by Gasteiger charge is 2.12. The first-order chi connectivity index (χ1) is 9.33. The van der Waals surface area contributed by atoms with Crippen molar-refractivity contribution in [2.24, 2.45) is 5.73 Å². The average Bonchev–Trinajstić information content (AvgIpc) is 2.46. The molecule has 0 aliphatic carbocycles. The SMILES string of the molecule is COCc1cccc(OC(CN)c2ccccn2)c1. The molecule has 1 aromatic carbocycles. The summed E-state index contributed by atoms with van der Waals surface area (Å²) in [5.74, 6) is 0.774. The second kappa shape index (κ2) is 6.87. The second-order valence-electron chi connectivity index (χ2n) is 4.18. The van der Waals surface area contributed by atoms with Crippen LogP contribution in [0, 0.1) is 0 Å². The Hall–Kier alpha value is -1.91. The summed E-state index contributed by atoms with van der Waals surface area (Å²) < 4.78 is 11.0. The zero-order valence-electron chi connectivity index (χ0n) is 11.0. The Morgan fingerprint density at radius 2 is 2.11 bits per heavy atom. The molecule has 0 spiro atoms. The molecule has 0 bridgehead atoms. The van der Waals surface area contributed by atoms with Gasteiger partial charge in [0.1, 0.15) is 5.75 Å². The van der Waals surface area contributed by atoms with Crippen LogP contribution in [0.25, 0.3) is 0 Å². The maximum atomic E-state index is 5.89. The topological polar surface area (TPSA) is 57.4 Å². The highest BCUT2D eigenvalue weighted by molar-refractivity contribution is 5.29. The van der Waals surface area contributed by atoms with Crippen LogP contribution in [-0.4, -0.2) is 18.6 Å². The van der Waals surface area contributed by atoms with Crippen LogP contribution in [0.4, 0.5) is 0 Å². The molecule has 2 aromatic rings. The van der Waals surface area contributed by atoms with Gasteiger partial charge >= 0.3 is 0 Å². The van der Waals surface area contributed by atoms with Crippen LogP contribution in [0.15, 0.2) is 48.7 Å². The third-order valence-electron chi connectivity index (χ3n) is 2.72. The zero-order valence-corrected chi connectivity index (χ0v) is 11.0. The van der Waals surface area contributed by atoms with Gasteiger partial charge in [-0.3, -0.25) is 4.98 Å². The normalized spacial score (nSPS) is 12.1. The van der Waals surface area contributed by atoms with E-state index in [4.69, 9.17) is 15.2 Å². The molecule has 1 heterocycles. The van der Waals surface area contributed by atoms with Crippen molar-refractivity contribution in [1.29, 1.82) is 0 Å². The minimum absolute atomic E-state index is 0.237. The fraction of sp³-hybridized carbons (Fsp3) is 0.267. The molecule has 0 fully saturated rings.